The van der Waals surface area contributed by atoms with Gasteiger partial charge >= 0.3 is 0 Å². The summed E-state index contributed by atoms with van der Waals surface area (Å²) in [7, 11) is 0. The summed E-state index contributed by atoms with van der Waals surface area (Å²) in [6.07, 6.45) is 8.05. The fourth-order valence-corrected chi connectivity index (χ4v) is 3.44. The Bertz CT molecular complexity index is 651. The van der Waals surface area contributed by atoms with E-state index in [2.05, 4.69) is 27.9 Å². The Morgan fingerprint density at radius 3 is 2.46 bits per heavy atom. The molecule has 0 bridgehead atoms. The standard InChI is InChI=1S/C21H33N5O2/c1-2-23-21(24-13-5-8-16-6-3-4-7-16)26-14-17-9-11-18(12-10-17)20(28)25-15-19(22)27/h9-12,16H,2-8,13-15H2,1H3,(H2,22,27)(H,25,28)(H2,23,24,26). The van der Waals surface area contributed by atoms with E-state index in [-0.39, 0.29) is 12.5 Å². The number of hydrogen-bond donors (Lipinski definition) is 4. The zero-order chi connectivity index (χ0) is 20.2. The first-order chi connectivity index (χ1) is 13.6. The lowest BCUT2D eigenvalue weighted by Crippen LogP contribution is -2.37. The normalized spacial score (nSPS) is 14.7. The molecule has 7 heteroatoms. The number of rotatable bonds is 10. The molecule has 1 fully saturated rings. The van der Waals surface area contributed by atoms with Crippen molar-refractivity contribution in [1.82, 2.24) is 16.0 Å². The van der Waals surface area contributed by atoms with E-state index in [0.717, 1.165) is 30.5 Å². The molecule has 1 aliphatic rings. The lowest BCUT2D eigenvalue weighted by Gasteiger charge is -2.13. The third kappa shape index (κ3) is 7.98. The molecule has 0 heterocycles. The number of nitrogens with zero attached hydrogens (tertiary/aromatic N) is 1. The van der Waals surface area contributed by atoms with Gasteiger partial charge in [0.1, 0.15) is 0 Å². The van der Waals surface area contributed by atoms with Crippen LogP contribution in [0.15, 0.2) is 29.3 Å². The molecule has 0 aliphatic heterocycles. The van der Waals surface area contributed by atoms with Crippen LogP contribution in [0.4, 0.5) is 0 Å². The first kappa shape index (κ1) is 21.7. The van der Waals surface area contributed by atoms with Crippen molar-refractivity contribution in [3.8, 4) is 0 Å². The van der Waals surface area contributed by atoms with Crippen molar-refractivity contribution in [2.75, 3.05) is 19.6 Å². The van der Waals surface area contributed by atoms with E-state index in [0.29, 0.717) is 12.1 Å². The van der Waals surface area contributed by atoms with Crippen molar-refractivity contribution >= 4 is 17.8 Å². The molecule has 154 valence electrons. The number of primary amides is 1. The largest absolute Gasteiger partial charge is 0.368 e. The highest BCUT2D eigenvalue weighted by Crippen LogP contribution is 2.28. The molecular weight excluding hydrogens is 354 g/mol. The van der Waals surface area contributed by atoms with Crippen molar-refractivity contribution in [3.05, 3.63) is 35.4 Å². The molecule has 1 saturated carbocycles. The number of nitrogens with two attached hydrogens (primary N) is 1. The fourth-order valence-electron chi connectivity index (χ4n) is 3.44. The van der Waals surface area contributed by atoms with Gasteiger partial charge in [0.25, 0.3) is 5.91 Å². The van der Waals surface area contributed by atoms with Crippen molar-refractivity contribution in [2.24, 2.45) is 16.6 Å². The molecule has 0 atom stereocenters. The minimum Gasteiger partial charge on any atom is -0.368 e. The number of carbonyl (C=O) groups excluding carboxylic acids is 2. The van der Waals surface area contributed by atoms with Crippen LogP contribution in [-0.4, -0.2) is 37.4 Å². The number of benzene rings is 1. The molecule has 5 N–H and O–H groups in total. The summed E-state index contributed by atoms with van der Waals surface area (Å²) in [5, 5.41) is 9.14. The number of amides is 2. The van der Waals surface area contributed by atoms with Crippen LogP contribution in [0.2, 0.25) is 0 Å². The van der Waals surface area contributed by atoms with Gasteiger partial charge in [0.2, 0.25) is 5.91 Å². The Morgan fingerprint density at radius 1 is 1.11 bits per heavy atom. The molecule has 0 aromatic heterocycles. The summed E-state index contributed by atoms with van der Waals surface area (Å²) in [5.41, 5.74) is 6.53. The molecule has 1 aromatic rings. The van der Waals surface area contributed by atoms with Gasteiger partial charge in [-0.05, 0) is 43.4 Å². The number of hydrogen-bond acceptors (Lipinski definition) is 3. The minimum absolute atomic E-state index is 0.163. The average molecular weight is 388 g/mol. The van der Waals surface area contributed by atoms with Crippen LogP contribution in [0.1, 0.15) is 61.4 Å². The predicted molar refractivity (Wildman–Crippen MR) is 112 cm³/mol. The second-order valence-corrected chi connectivity index (χ2v) is 7.26. The van der Waals surface area contributed by atoms with Gasteiger partial charge in [-0.15, -0.1) is 0 Å². The molecule has 28 heavy (non-hydrogen) atoms. The molecule has 0 spiro atoms. The number of aliphatic imine (C=N–C) groups is 1. The van der Waals surface area contributed by atoms with Crippen molar-refractivity contribution in [3.63, 3.8) is 0 Å². The lowest BCUT2D eigenvalue weighted by atomic mass is 10.0. The number of guanidine groups is 1. The van der Waals surface area contributed by atoms with Crippen molar-refractivity contribution in [2.45, 2.75) is 52.0 Å². The summed E-state index contributed by atoms with van der Waals surface area (Å²) >= 11 is 0. The van der Waals surface area contributed by atoms with Crippen LogP contribution in [-0.2, 0) is 11.3 Å². The van der Waals surface area contributed by atoms with Crippen LogP contribution in [0.5, 0.6) is 0 Å². The van der Waals surface area contributed by atoms with Gasteiger partial charge in [-0.2, -0.15) is 0 Å². The first-order valence-corrected chi connectivity index (χ1v) is 10.3. The average Bonchev–Trinajstić information content (AvgIpc) is 3.21. The zero-order valence-electron chi connectivity index (χ0n) is 16.8. The van der Waals surface area contributed by atoms with Crippen LogP contribution in [0.25, 0.3) is 0 Å². The summed E-state index contributed by atoms with van der Waals surface area (Å²) in [5.74, 6) is 0.856. The van der Waals surface area contributed by atoms with Crippen molar-refractivity contribution in [1.29, 1.82) is 0 Å². The Kier molecular flexibility index (Phi) is 9.31. The third-order valence-corrected chi connectivity index (χ3v) is 4.96. The molecule has 2 rings (SSSR count). The first-order valence-electron chi connectivity index (χ1n) is 10.3. The van der Waals surface area contributed by atoms with Gasteiger partial charge in [0, 0.05) is 18.7 Å². The second kappa shape index (κ2) is 12.0. The highest BCUT2D eigenvalue weighted by Gasteiger charge is 2.14. The van der Waals surface area contributed by atoms with Gasteiger partial charge in [-0.25, -0.2) is 4.99 Å². The Morgan fingerprint density at radius 2 is 1.82 bits per heavy atom. The molecule has 1 aliphatic carbocycles. The summed E-state index contributed by atoms with van der Waals surface area (Å²) in [6, 6.07) is 7.19. The van der Waals surface area contributed by atoms with Crippen LogP contribution < -0.4 is 21.7 Å². The van der Waals surface area contributed by atoms with Gasteiger partial charge in [-0.3, -0.25) is 9.59 Å². The predicted octanol–water partition coefficient (Wildman–Crippen LogP) is 1.93. The van der Waals surface area contributed by atoms with Crippen molar-refractivity contribution < 1.29 is 9.59 Å². The molecule has 0 radical (unpaired) electrons. The van der Waals surface area contributed by atoms with E-state index in [1.54, 1.807) is 12.1 Å². The monoisotopic (exact) mass is 387 g/mol. The molecular formula is C21H33N5O2. The molecule has 0 saturated heterocycles. The second-order valence-electron chi connectivity index (χ2n) is 7.26. The number of carbonyl (C=O) groups is 2. The third-order valence-electron chi connectivity index (χ3n) is 4.96. The van der Waals surface area contributed by atoms with Crippen LogP contribution in [0, 0.1) is 5.92 Å². The topological polar surface area (TPSA) is 109 Å². The molecule has 2 amide bonds. The quantitative estimate of drug-likeness (QED) is 0.279. The Labute approximate surface area is 167 Å². The summed E-state index contributed by atoms with van der Waals surface area (Å²) in [6.45, 7) is 4.16. The molecule has 7 nitrogen and oxygen atoms in total. The maximum absolute atomic E-state index is 11.9. The Balaban J connectivity index is 1.78. The summed E-state index contributed by atoms with van der Waals surface area (Å²) in [4.78, 5) is 27.2. The molecule has 1 aromatic carbocycles. The smallest absolute Gasteiger partial charge is 0.251 e. The highest BCUT2D eigenvalue weighted by atomic mass is 16.2. The number of nitrogens with one attached hydrogen (secondary N) is 3. The minimum atomic E-state index is -0.564. The SMILES string of the molecule is CCNC(=NCc1ccc(C(=O)NCC(N)=O)cc1)NCCCC1CCCC1. The Hall–Kier alpha value is -2.57. The zero-order valence-corrected chi connectivity index (χ0v) is 16.8. The van der Waals surface area contributed by atoms with Crippen LogP contribution in [0.3, 0.4) is 0 Å². The van der Waals surface area contributed by atoms with Gasteiger partial charge in [-0.1, -0.05) is 37.8 Å². The van der Waals surface area contributed by atoms with Gasteiger partial charge in [0.15, 0.2) is 5.96 Å². The van der Waals surface area contributed by atoms with E-state index in [9.17, 15) is 9.59 Å². The van der Waals surface area contributed by atoms with E-state index < -0.39 is 5.91 Å². The fraction of sp³-hybridized carbons (Fsp3) is 0.571. The van der Waals surface area contributed by atoms with E-state index >= 15 is 0 Å². The molecule has 0 unspecified atom stereocenters. The maximum atomic E-state index is 11.9. The van der Waals surface area contributed by atoms with E-state index in [4.69, 9.17) is 5.73 Å². The maximum Gasteiger partial charge on any atom is 0.251 e. The lowest BCUT2D eigenvalue weighted by molar-refractivity contribution is -0.117. The highest BCUT2D eigenvalue weighted by molar-refractivity contribution is 5.96. The van der Waals surface area contributed by atoms with E-state index in [1.165, 1.54) is 38.5 Å². The van der Waals surface area contributed by atoms with Gasteiger partial charge < -0.3 is 21.7 Å². The van der Waals surface area contributed by atoms with Gasteiger partial charge in [0.05, 0.1) is 13.1 Å². The van der Waals surface area contributed by atoms with E-state index in [1.807, 2.05) is 12.1 Å². The summed E-state index contributed by atoms with van der Waals surface area (Å²) < 4.78 is 0. The van der Waals surface area contributed by atoms with Crippen LogP contribution >= 0.6 is 0 Å².